The van der Waals surface area contributed by atoms with Gasteiger partial charge in [-0.3, -0.25) is 9.59 Å². The van der Waals surface area contributed by atoms with Crippen LogP contribution in [-0.2, 0) is 6.42 Å². The number of hydrogen-bond acceptors (Lipinski definition) is 3. The first-order chi connectivity index (χ1) is 13.4. The fourth-order valence-corrected chi connectivity index (χ4v) is 4.01. The molecule has 2 N–H and O–H groups in total. The lowest BCUT2D eigenvalue weighted by Crippen LogP contribution is -2.18. The van der Waals surface area contributed by atoms with E-state index in [4.69, 9.17) is 11.6 Å². The fourth-order valence-electron chi connectivity index (χ4n) is 2.85. The summed E-state index contributed by atoms with van der Waals surface area (Å²) in [5.41, 5.74) is 2.58. The molecule has 4 nitrogen and oxygen atoms in total. The molecule has 3 aromatic rings. The van der Waals surface area contributed by atoms with E-state index in [1.54, 1.807) is 48.5 Å². The number of halogens is 1. The van der Waals surface area contributed by atoms with Crippen molar-refractivity contribution >= 4 is 45.4 Å². The Balaban J connectivity index is 1.89. The number of anilines is 2. The molecule has 0 aliphatic rings. The van der Waals surface area contributed by atoms with Gasteiger partial charge in [-0.1, -0.05) is 49.7 Å². The highest BCUT2D eigenvalue weighted by atomic mass is 35.5. The molecule has 0 atom stereocenters. The Kier molecular flexibility index (Phi) is 6.49. The molecule has 0 radical (unpaired) electrons. The summed E-state index contributed by atoms with van der Waals surface area (Å²) in [4.78, 5) is 25.6. The van der Waals surface area contributed by atoms with Gasteiger partial charge >= 0.3 is 0 Å². The minimum Gasteiger partial charge on any atom is -0.322 e. The van der Waals surface area contributed by atoms with Gasteiger partial charge in [-0.2, -0.15) is 0 Å². The predicted molar refractivity (Wildman–Crippen MR) is 117 cm³/mol. The summed E-state index contributed by atoms with van der Waals surface area (Å²) in [5.74, 6) is -0.122. The van der Waals surface area contributed by atoms with Crippen LogP contribution < -0.4 is 10.6 Å². The highest BCUT2D eigenvalue weighted by Crippen LogP contribution is 2.31. The molecular weight excluding hydrogens is 392 g/mol. The maximum Gasteiger partial charge on any atom is 0.258 e. The van der Waals surface area contributed by atoms with E-state index in [-0.39, 0.29) is 11.8 Å². The highest BCUT2D eigenvalue weighted by molar-refractivity contribution is 7.15. The molecule has 3 rings (SSSR count). The predicted octanol–water partition coefficient (Wildman–Crippen LogP) is 6.10. The Morgan fingerprint density at radius 3 is 2.43 bits per heavy atom. The lowest BCUT2D eigenvalue weighted by Gasteiger charge is -2.11. The standard InChI is InChI=1S/C22H21ClN2O2S/c1-14(2)11-16-13-28-22(25-20(26)15-7-4-3-5-8-15)19(16)21(27)24-18-10-6-9-17(23)12-18/h3-10,12-14H,11H2,1-2H3,(H,24,27)(H,25,26). The number of hydrogen-bond donors (Lipinski definition) is 2. The zero-order valence-electron chi connectivity index (χ0n) is 15.7. The summed E-state index contributed by atoms with van der Waals surface area (Å²) in [7, 11) is 0. The lowest BCUT2D eigenvalue weighted by atomic mass is 10.0. The number of amides is 2. The second-order valence-electron chi connectivity index (χ2n) is 6.85. The van der Waals surface area contributed by atoms with E-state index in [0.29, 0.717) is 32.8 Å². The van der Waals surface area contributed by atoms with Crippen molar-refractivity contribution in [1.29, 1.82) is 0 Å². The largest absolute Gasteiger partial charge is 0.322 e. The van der Waals surface area contributed by atoms with Gasteiger partial charge in [0.05, 0.1) is 5.56 Å². The molecule has 2 aromatic carbocycles. The fraction of sp³-hybridized carbons (Fsp3) is 0.182. The molecule has 0 aliphatic heterocycles. The van der Waals surface area contributed by atoms with Gasteiger partial charge in [0.25, 0.3) is 11.8 Å². The molecule has 0 aliphatic carbocycles. The number of carbonyl (C=O) groups excluding carboxylic acids is 2. The molecule has 0 saturated heterocycles. The third kappa shape index (κ3) is 5.00. The number of rotatable bonds is 6. The van der Waals surface area contributed by atoms with E-state index < -0.39 is 0 Å². The van der Waals surface area contributed by atoms with Crippen molar-refractivity contribution < 1.29 is 9.59 Å². The van der Waals surface area contributed by atoms with Crippen LogP contribution >= 0.6 is 22.9 Å². The molecule has 0 bridgehead atoms. The van der Waals surface area contributed by atoms with E-state index in [1.807, 2.05) is 11.4 Å². The van der Waals surface area contributed by atoms with Crippen molar-refractivity contribution in [3.8, 4) is 0 Å². The van der Waals surface area contributed by atoms with Crippen LogP contribution in [0.2, 0.25) is 5.02 Å². The summed E-state index contributed by atoms with van der Waals surface area (Å²) in [6, 6.07) is 15.9. The van der Waals surface area contributed by atoms with Gasteiger partial charge < -0.3 is 10.6 Å². The number of nitrogens with one attached hydrogen (secondary N) is 2. The van der Waals surface area contributed by atoms with Crippen LogP contribution in [0, 0.1) is 5.92 Å². The third-order valence-corrected chi connectivity index (χ3v) is 5.25. The molecule has 6 heteroatoms. The van der Waals surface area contributed by atoms with Crippen LogP contribution in [0.15, 0.2) is 60.0 Å². The maximum atomic E-state index is 13.0. The average molecular weight is 413 g/mol. The first-order valence-corrected chi connectivity index (χ1v) is 10.2. The van der Waals surface area contributed by atoms with Crippen LogP contribution in [0.5, 0.6) is 0 Å². The number of carbonyl (C=O) groups is 2. The minimum absolute atomic E-state index is 0.240. The monoisotopic (exact) mass is 412 g/mol. The molecule has 28 heavy (non-hydrogen) atoms. The van der Waals surface area contributed by atoms with E-state index in [9.17, 15) is 9.59 Å². The van der Waals surface area contributed by atoms with E-state index in [0.717, 1.165) is 12.0 Å². The Morgan fingerprint density at radius 2 is 1.75 bits per heavy atom. The van der Waals surface area contributed by atoms with Crippen molar-refractivity contribution in [3.05, 3.63) is 81.7 Å². The van der Waals surface area contributed by atoms with Gasteiger partial charge in [-0.05, 0) is 53.6 Å². The van der Waals surface area contributed by atoms with Crippen molar-refractivity contribution in [2.45, 2.75) is 20.3 Å². The zero-order valence-corrected chi connectivity index (χ0v) is 17.2. The average Bonchev–Trinajstić information content (AvgIpc) is 3.04. The van der Waals surface area contributed by atoms with Gasteiger partial charge in [-0.25, -0.2) is 0 Å². The summed E-state index contributed by atoms with van der Waals surface area (Å²) in [5, 5.41) is 8.80. The molecule has 0 fully saturated rings. The zero-order chi connectivity index (χ0) is 20.1. The van der Waals surface area contributed by atoms with Gasteiger partial charge in [0.1, 0.15) is 5.00 Å². The van der Waals surface area contributed by atoms with Gasteiger partial charge in [-0.15, -0.1) is 11.3 Å². The van der Waals surface area contributed by atoms with Gasteiger partial charge in [0.2, 0.25) is 0 Å². The van der Waals surface area contributed by atoms with Gasteiger partial charge in [0.15, 0.2) is 0 Å². The summed E-state index contributed by atoms with van der Waals surface area (Å²) in [6.45, 7) is 4.19. The van der Waals surface area contributed by atoms with Crippen LogP contribution in [0.4, 0.5) is 10.7 Å². The smallest absolute Gasteiger partial charge is 0.258 e. The molecule has 0 unspecified atom stereocenters. The van der Waals surface area contributed by atoms with Crippen LogP contribution in [0.25, 0.3) is 0 Å². The second kappa shape index (κ2) is 9.04. The van der Waals surface area contributed by atoms with Crippen LogP contribution in [-0.4, -0.2) is 11.8 Å². The molecule has 1 aromatic heterocycles. The van der Waals surface area contributed by atoms with Crippen molar-refractivity contribution in [1.82, 2.24) is 0 Å². The molecule has 2 amide bonds. The minimum atomic E-state index is -0.262. The quantitative estimate of drug-likeness (QED) is 0.513. The van der Waals surface area contributed by atoms with Gasteiger partial charge in [0, 0.05) is 16.3 Å². The Labute approximate surface area is 173 Å². The maximum absolute atomic E-state index is 13.0. The van der Waals surface area contributed by atoms with Crippen molar-refractivity contribution in [2.24, 2.45) is 5.92 Å². The van der Waals surface area contributed by atoms with E-state index in [2.05, 4.69) is 24.5 Å². The van der Waals surface area contributed by atoms with Crippen molar-refractivity contribution in [2.75, 3.05) is 10.6 Å². The lowest BCUT2D eigenvalue weighted by molar-refractivity contribution is 0.102. The SMILES string of the molecule is CC(C)Cc1csc(NC(=O)c2ccccc2)c1C(=O)Nc1cccc(Cl)c1. The Bertz CT molecular complexity index is 983. The topological polar surface area (TPSA) is 58.2 Å². The van der Waals surface area contributed by atoms with E-state index in [1.165, 1.54) is 11.3 Å². The second-order valence-corrected chi connectivity index (χ2v) is 8.16. The summed E-state index contributed by atoms with van der Waals surface area (Å²) < 4.78 is 0. The highest BCUT2D eigenvalue weighted by Gasteiger charge is 2.22. The Morgan fingerprint density at radius 1 is 1.00 bits per heavy atom. The molecule has 1 heterocycles. The molecule has 144 valence electrons. The molecular formula is C22H21ClN2O2S. The third-order valence-electron chi connectivity index (χ3n) is 4.07. The van der Waals surface area contributed by atoms with Crippen molar-refractivity contribution in [3.63, 3.8) is 0 Å². The Hall–Kier alpha value is -2.63. The normalized spacial score (nSPS) is 10.7. The van der Waals surface area contributed by atoms with Crippen LogP contribution in [0.3, 0.4) is 0 Å². The molecule has 0 spiro atoms. The summed E-state index contributed by atoms with van der Waals surface area (Å²) >= 11 is 7.38. The molecule has 0 saturated carbocycles. The van der Waals surface area contributed by atoms with E-state index >= 15 is 0 Å². The summed E-state index contributed by atoms with van der Waals surface area (Å²) in [6.07, 6.45) is 0.746. The van der Waals surface area contributed by atoms with Crippen LogP contribution in [0.1, 0.15) is 40.1 Å². The number of thiophene rings is 1. The first-order valence-electron chi connectivity index (χ1n) is 8.97. The first kappa shape index (κ1) is 20.1. The number of benzene rings is 2.